The summed E-state index contributed by atoms with van der Waals surface area (Å²) in [6.07, 6.45) is 1.72. The number of benzene rings is 2. The third-order valence-corrected chi connectivity index (χ3v) is 7.01. The number of hydrogen-bond acceptors (Lipinski definition) is 6. The molecule has 32 heavy (non-hydrogen) atoms. The highest BCUT2D eigenvalue weighted by molar-refractivity contribution is 5.46. The monoisotopic (exact) mass is 428 g/mol. The van der Waals surface area contributed by atoms with Crippen molar-refractivity contribution in [1.82, 2.24) is 9.80 Å². The topological polar surface area (TPSA) is 72.5 Å². The molecule has 3 aliphatic heterocycles. The van der Waals surface area contributed by atoms with Crippen LogP contribution in [0.3, 0.4) is 0 Å². The van der Waals surface area contributed by atoms with Crippen LogP contribution in [0.5, 0.6) is 0 Å². The summed E-state index contributed by atoms with van der Waals surface area (Å²) in [5.41, 5.74) is 6.25. The van der Waals surface area contributed by atoms with Gasteiger partial charge >= 0.3 is 0 Å². The van der Waals surface area contributed by atoms with E-state index in [0.717, 1.165) is 74.4 Å². The zero-order chi connectivity index (χ0) is 21.9. The van der Waals surface area contributed by atoms with E-state index in [1.54, 1.807) is 0 Å². The van der Waals surface area contributed by atoms with Crippen LogP contribution in [-0.4, -0.2) is 62.3 Å². The van der Waals surface area contributed by atoms with Gasteiger partial charge in [-0.05, 0) is 47.2 Å². The molecule has 0 radical (unpaired) electrons. The average Bonchev–Trinajstić information content (AvgIpc) is 2.85. The van der Waals surface area contributed by atoms with Crippen LogP contribution >= 0.6 is 0 Å². The van der Waals surface area contributed by atoms with Gasteiger partial charge in [-0.1, -0.05) is 24.3 Å². The zero-order valence-corrected chi connectivity index (χ0v) is 18.3. The fourth-order valence-electron chi connectivity index (χ4n) is 5.29. The Kier molecular flexibility index (Phi) is 6.21. The summed E-state index contributed by atoms with van der Waals surface area (Å²) in [7, 11) is 0. The Labute approximate surface area is 189 Å². The molecule has 0 spiro atoms. The second kappa shape index (κ2) is 9.40. The largest absolute Gasteiger partial charge is 0.372 e. The molecule has 0 bridgehead atoms. The van der Waals surface area contributed by atoms with Crippen molar-refractivity contribution >= 4 is 0 Å². The first-order valence-electron chi connectivity index (χ1n) is 11.5. The van der Waals surface area contributed by atoms with Crippen molar-refractivity contribution in [2.75, 3.05) is 52.5 Å². The van der Waals surface area contributed by atoms with E-state index in [-0.39, 0.29) is 12.2 Å². The molecule has 1 saturated heterocycles. The molecule has 6 heteroatoms. The summed E-state index contributed by atoms with van der Waals surface area (Å²) < 4.78 is 12.2. The summed E-state index contributed by atoms with van der Waals surface area (Å²) in [6, 6.07) is 16.6. The van der Waals surface area contributed by atoms with Gasteiger partial charge in [0.2, 0.25) is 0 Å². The maximum atomic E-state index is 9.42. The minimum Gasteiger partial charge on any atom is -0.372 e. The van der Waals surface area contributed by atoms with Crippen molar-refractivity contribution in [3.8, 4) is 12.1 Å². The van der Waals surface area contributed by atoms with Crippen LogP contribution < -0.4 is 0 Å². The Morgan fingerprint density at radius 2 is 1.16 bits per heavy atom. The average molecular weight is 429 g/mol. The van der Waals surface area contributed by atoms with E-state index in [9.17, 15) is 10.5 Å². The molecule has 2 aromatic carbocycles. The SMILES string of the molecule is N#Cc1cccc2c1CCOC2CN1CCN(CC2OCCc3c(C#N)cccc32)CC1. The van der Waals surface area contributed by atoms with Gasteiger partial charge < -0.3 is 9.47 Å². The number of fused-ring (bicyclic) bond motifs is 2. The number of rotatable bonds is 4. The van der Waals surface area contributed by atoms with Crippen molar-refractivity contribution in [3.05, 3.63) is 69.8 Å². The molecule has 0 saturated carbocycles. The molecular formula is C26H28N4O2. The maximum absolute atomic E-state index is 9.42. The Morgan fingerprint density at radius 3 is 1.56 bits per heavy atom. The summed E-state index contributed by atoms with van der Waals surface area (Å²) >= 11 is 0. The molecule has 1 fully saturated rings. The fraction of sp³-hybridized carbons (Fsp3) is 0.462. The molecule has 0 aliphatic carbocycles. The van der Waals surface area contributed by atoms with Gasteiger partial charge in [-0.15, -0.1) is 0 Å². The first-order valence-corrected chi connectivity index (χ1v) is 11.5. The highest BCUT2D eigenvalue weighted by atomic mass is 16.5. The van der Waals surface area contributed by atoms with E-state index in [1.165, 1.54) is 11.1 Å². The van der Waals surface area contributed by atoms with Crippen molar-refractivity contribution in [2.45, 2.75) is 25.0 Å². The standard InChI is InChI=1S/C26H28N4O2/c27-15-19-3-1-5-23-21(19)7-13-31-25(23)17-29-9-11-30(12-10-29)18-26-24-6-2-4-20(16-28)22(24)8-14-32-26/h1-6,25-26H,7-14,17-18H2. The summed E-state index contributed by atoms with van der Waals surface area (Å²) in [6.45, 7) is 7.05. The minimum atomic E-state index is 0.0385. The van der Waals surface area contributed by atoms with E-state index < -0.39 is 0 Å². The van der Waals surface area contributed by atoms with E-state index in [1.807, 2.05) is 24.3 Å². The molecule has 2 unspecified atom stereocenters. The van der Waals surface area contributed by atoms with Crippen molar-refractivity contribution in [3.63, 3.8) is 0 Å². The smallest absolute Gasteiger partial charge is 0.0994 e. The lowest BCUT2D eigenvalue weighted by Crippen LogP contribution is -2.49. The lowest BCUT2D eigenvalue weighted by Gasteiger charge is -2.39. The minimum absolute atomic E-state index is 0.0385. The normalized spacial score (nSPS) is 23.6. The molecule has 0 aromatic heterocycles. The molecule has 3 heterocycles. The molecule has 2 atom stereocenters. The lowest BCUT2D eigenvalue weighted by molar-refractivity contribution is -0.0136. The maximum Gasteiger partial charge on any atom is 0.0994 e. The molecule has 5 rings (SSSR count). The Morgan fingerprint density at radius 1 is 0.719 bits per heavy atom. The zero-order valence-electron chi connectivity index (χ0n) is 18.3. The van der Waals surface area contributed by atoms with Crippen LogP contribution in [0.15, 0.2) is 36.4 Å². The molecular weight excluding hydrogens is 400 g/mol. The van der Waals surface area contributed by atoms with Crippen molar-refractivity contribution in [1.29, 1.82) is 10.5 Å². The second-order valence-electron chi connectivity index (χ2n) is 8.79. The molecule has 3 aliphatic rings. The van der Waals surface area contributed by atoms with Crippen molar-refractivity contribution < 1.29 is 9.47 Å². The Bertz CT molecular complexity index is 977. The number of hydrogen-bond donors (Lipinski definition) is 0. The second-order valence-corrected chi connectivity index (χ2v) is 8.79. The summed E-state index contributed by atoms with van der Waals surface area (Å²) in [5, 5.41) is 18.8. The molecule has 6 nitrogen and oxygen atoms in total. The predicted molar refractivity (Wildman–Crippen MR) is 120 cm³/mol. The third-order valence-electron chi connectivity index (χ3n) is 7.01. The van der Waals surface area contributed by atoms with E-state index in [0.29, 0.717) is 13.2 Å². The van der Waals surface area contributed by atoms with Gasteiger partial charge in [0.05, 0.1) is 48.7 Å². The lowest BCUT2D eigenvalue weighted by atomic mass is 9.92. The number of nitrogens with zero attached hydrogens (tertiary/aromatic N) is 4. The quantitative estimate of drug-likeness (QED) is 0.746. The van der Waals surface area contributed by atoms with Gasteiger partial charge in [0.15, 0.2) is 0 Å². The van der Waals surface area contributed by atoms with Crippen LogP contribution in [0.25, 0.3) is 0 Å². The van der Waals surface area contributed by atoms with Gasteiger partial charge in [-0.25, -0.2) is 0 Å². The van der Waals surface area contributed by atoms with E-state index >= 15 is 0 Å². The van der Waals surface area contributed by atoms with Crippen LogP contribution in [0.2, 0.25) is 0 Å². The van der Waals surface area contributed by atoms with E-state index in [2.05, 4.69) is 34.1 Å². The van der Waals surface area contributed by atoms with Gasteiger partial charge in [0.1, 0.15) is 0 Å². The van der Waals surface area contributed by atoms with Crippen LogP contribution in [0, 0.1) is 22.7 Å². The molecule has 2 aromatic rings. The summed E-state index contributed by atoms with van der Waals surface area (Å²) in [4.78, 5) is 4.94. The third kappa shape index (κ3) is 4.16. The number of piperazine rings is 1. The van der Waals surface area contributed by atoms with E-state index in [4.69, 9.17) is 9.47 Å². The number of ether oxygens (including phenoxy) is 2. The molecule has 0 N–H and O–H groups in total. The molecule has 164 valence electrons. The highest BCUT2D eigenvalue weighted by Gasteiger charge is 2.29. The van der Waals surface area contributed by atoms with Gasteiger partial charge in [-0.3, -0.25) is 9.80 Å². The summed E-state index contributed by atoms with van der Waals surface area (Å²) in [5.74, 6) is 0. The van der Waals surface area contributed by atoms with Crippen molar-refractivity contribution in [2.24, 2.45) is 0 Å². The fourth-order valence-corrected chi connectivity index (χ4v) is 5.29. The first kappa shape index (κ1) is 21.1. The van der Waals surface area contributed by atoms with Crippen LogP contribution in [0.4, 0.5) is 0 Å². The molecule has 0 amide bonds. The van der Waals surface area contributed by atoms with Crippen LogP contribution in [-0.2, 0) is 22.3 Å². The Hall–Kier alpha value is -2.74. The van der Waals surface area contributed by atoms with Gasteiger partial charge in [-0.2, -0.15) is 10.5 Å². The number of nitriles is 2. The van der Waals surface area contributed by atoms with Gasteiger partial charge in [0.25, 0.3) is 0 Å². The predicted octanol–water partition coefficient (Wildman–Crippen LogP) is 2.98. The van der Waals surface area contributed by atoms with Crippen LogP contribution in [0.1, 0.15) is 45.6 Å². The highest BCUT2D eigenvalue weighted by Crippen LogP contribution is 2.32. The van der Waals surface area contributed by atoms with Gasteiger partial charge in [0, 0.05) is 39.3 Å². The Balaban J connectivity index is 1.19. The first-order chi connectivity index (χ1) is 15.8.